The van der Waals surface area contributed by atoms with E-state index in [1.54, 1.807) is 13.8 Å². The van der Waals surface area contributed by atoms with Crippen molar-refractivity contribution in [1.82, 2.24) is 0 Å². The zero-order valence-electron chi connectivity index (χ0n) is 9.19. The summed E-state index contributed by atoms with van der Waals surface area (Å²) in [4.78, 5) is 22.0. The third-order valence-electron chi connectivity index (χ3n) is 1.23. The van der Waals surface area contributed by atoms with Crippen molar-refractivity contribution in [2.45, 2.75) is 13.8 Å². The van der Waals surface area contributed by atoms with Crippen molar-refractivity contribution >= 4 is 51.2 Å². The highest BCUT2D eigenvalue weighted by molar-refractivity contribution is 8.47. The van der Waals surface area contributed by atoms with Crippen LogP contribution >= 0.6 is 35.7 Å². The minimum absolute atomic E-state index is 0.183. The van der Waals surface area contributed by atoms with Crippen LogP contribution in [0.15, 0.2) is 0 Å². The average molecular weight is 282 g/mol. The van der Waals surface area contributed by atoms with Gasteiger partial charge in [-0.15, -0.1) is 0 Å². The summed E-state index contributed by atoms with van der Waals surface area (Å²) in [5.41, 5.74) is 0. The van der Waals surface area contributed by atoms with E-state index in [1.165, 1.54) is 23.5 Å². The van der Waals surface area contributed by atoms with E-state index < -0.39 is 0 Å². The second-order valence-electron chi connectivity index (χ2n) is 2.44. The Morgan fingerprint density at radius 1 is 1.00 bits per heavy atom. The molecule has 0 aromatic heterocycles. The van der Waals surface area contributed by atoms with Crippen LogP contribution in [0.25, 0.3) is 0 Å². The summed E-state index contributed by atoms with van der Waals surface area (Å²) in [6, 6.07) is 0. The summed E-state index contributed by atoms with van der Waals surface area (Å²) in [5.74, 6) is -0.233. The second-order valence-corrected chi connectivity index (χ2v) is 5.59. The van der Waals surface area contributed by atoms with Gasteiger partial charge in [0.25, 0.3) is 0 Å². The monoisotopic (exact) mass is 282 g/mol. The van der Waals surface area contributed by atoms with Crippen LogP contribution in [0.5, 0.6) is 0 Å². The standard InChI is InChI=1S/C9H14O4S3/c1-3-12-7(10)5-15-9(14)16-6-8(11)13-4-2/h3-6H2,1-2H3. The first-order valence-electron chi connectivity index (χ1n) is 4.70. The van der Waals surface area contributed by atoms with Gasteiger partial charge >= 0.3 is 11.9 Å². The van der Waals surface area contributed by atoms with Crippen molar-refractivity contribution in [3.8, 4) is 0 Å². The number of ether oxygens (including phenoxy) is 2. The van der Waals surface area contributed by atoms with E-state index in [-0.39, 0.29) is 23.4 Å². The van der Waals surface area contributed by atoms with E-state index in [1.807, 2.05) is 0 Å². The van der Waals surface area contributed by atoms with Gasteiger partial charge in [0.1, 0.15) is 3.53 Å². The smallest absolute Gasteiger partial charge is 0.316 e. The minimum atomic E-state index is -0.299. The largest absolute Gasteiger partial charge is 0.465 e. The number of rotatable bonds is 6. The molecule has 0 atom stereocenters. The molecule has 4 nitrogen and oxygen atoms in total. The number of thioether (sulfide) groups is 2. The van der Waals surface area contributed by atoms with Crippen molar-refractivity contribution in [2.24, 2.45) is 0 Å². The fourth-order valence-electron chi connectivity index (χ4n) is 0.683. The molecule has 0 amide bonds. The van der Waals surface area contributed by atoms with Crippen molar-refractivity contribution in [1.29, 1.82) is 0 Å². The number of carbonyl (C=O) groups is 2. The van der Waals surface area contributed by atoms with E-state index in [4.69, 9.17) is 21.7 Å². The topological polar surface area (TPSA) is 52.6 Å². The van der Waals surface area contributed by atoms with E-state index in [0.717, 1.165) is 0 Å². The molecule has 0 aliphatic rings. The molecule has 92 valence electrons. The molecular formula is C9H14O4S3. The van der Waals surface area contributed by atoms with Crippen LogP contribution in [0.3, 0.4) is 0 Å². The maximum absolute atomic E-state index is 11.0. The van der Waals surface area contributed by atoms with Gasteiger partial charge in [-0.1, -0.05) is 35.7 Å². The quantitative estimate of drug-likeness (QED) is 0.544. The molecule has 7 heteroatoms. The molecule has 0 saturated heterocycles. The molecule has 0 unspecified atom stereocenters. The van der Waals surface area contributed by atoms with Crippen LogP contribution in [-0.4, -0.2) is 40.2 Å². The van der Waals surface area contributed by atoms with Crippen molar-refractivity contribution in [3.63, 3.8) is 0 Å². The first kappa shape index (κ1) is 15.7. The zero-order chi connectivity index (χ0) is 12.4. The number of carbonyl (C=O) groups excluding carboxylic acids is 2. The fourth-order valence-corrected chi connectivity index (χ4v) is 2.36. The molecule has 0 fully saturated rings. The molecule has 0 spiro atoms. The van der Waals surface area contributed by atoms with Gasteiger partial charge in [-0.3, -0.25) is 9.59 Å². The van der Waals surface area contributed by atoms with Crippen LogP contribution in [-0.2, 0) is 19.1 Å². The Hall–Kier alpha value is -0.270. The lowest BCUT2D eigenvalue weighted by molar-refractivity contribution is -0.140. The highest BCUT2D eigenvalue weighted by Gasteiger charge is 2.08. The maximum atomic E-state index is 11.0. The van der Waals surface area contributed by atoms with Crippen LogP contribution in [0.2, 0.25) is 0 Å². The van der Waals surface area contributed by atoms with Crippen LogP contribution in [0.4, 0.5) is 0 Å². The predicted octanol–water partition coefficient (Wildman–Crippen LogP) is 1.86. The maximum Gasteiger partial charge on any atom is 0.316 e. The van der Waals surface area contributed by atoms with Gasteiger partial charge in [-0.2, -0.15) is 0 Å². The number of esters is 2. The molecule has 0 radical (unpaired) electrons. The van der Waals surface area contributed by atoms with Crippen LogP contribution in [0, 0.1) is 0 Å². The number of hydrogen-bond donors (Lipinski definition) is 0. The summed E-state index contributed by atoms with van der Waals surface area (Å²) in [7, 11) is 0. The van der Waals surface area contributed by atoms with Gasteiger partial charge in [0.05, 0.1) is 24.7 Å². The Kier molecular flexibility index (Phi) is 9.75. The van der Waals surface area contributed by atoms with E-state index in [2.05, 4.69) is 0 Å². The molecule has 0 heterocycles. The van der Waals surface area contributed by atoms with E-state index >= 15 is 0 Å². The summed E-state index contributed by atoms with van der Waals surface area (Å²) in [6.45, 7) is 4.22. The Morgan fingerprint density at radius 3 is 1.69 bits per heavy atom. The summed E-state index contributed by atoms with van der Waals surface area (Å²) < 4.78 is 10.0. The number of thiocarbonyl (C=S) groups is 1. The molecule has 0 aliphatic heterocycles. The molecule has 0 bridgehead atoms. The molecule has 0 aromatic carbocycles. The highest BCUT2D eigenvalue weighted by atomic mass is 32.2. The molecule has 0 aromatic rings. The fraction of sp³-hybridized carbons (Fsp3) is 0.667. The lowest BCUT2D eigenvalue weighted by Gasteiger charge is -2.03. The van der Waals surface area contributed by atoms with Gasteiger partial charge in [0.2, 0.25) is 0 Å². The van der Waals surface area contributed by atoms with Gasteiger partial charge < -0.3 is 9.47 Å². The third-order valence-corrected chi connectivity index (χ3v) is 3.87. The Labute approximate surface area is 109 Å². The van der Waals surface area contributed by atoms with Gasteiger partial charge in [0.15, 0.2) is 0 Å². The normalized spacial score (nSPS) is 9.62. The van der Waals surface area contributed by atoms with Crippen molar-refractivity contribution < 1.29 is 19.1 Å². The highest BCUT2D eigenvalue weighted by Crippen LogP contribution is 2.17. The Balaban J connectivity index is 3.59. The Bertz CT molecular complexity index is 231. The second kappa shape index (κ2) is 9.92. The molecule has 0 saturated carbocycles. The lowest BCUT2D eigenvalue weighted by atomic mass is 10.8. The summed E-state index contributed by atoms with van der Waals surface area (Å²) in [6.07, 6.45) is 0. The molecule has 16 heavy (non-hydrogen) atoms. The molecule has 0 aliphatic carbocycles. The van der Waals surface area contributed by atoms with Gasteiger partial charge in [-0.25, -0.2) is 0 Å². The Morgan fingerprint density at radius 2 is 1.38 bits per heavy atom. The third kappa shape index (κ3) is 8.99. The summed E-state index contributed by atoms with van der Waals surface area (Å²) >= 11 is 7.36. The first-order chi connectivity index (χ1) is 7.60. The molecular weight excluding hydrogens is 268 g/mol. The first-order valence-corrected chi connectivity index (χ1v) is 7.08. The molecule has 0 rings (SSSR count). The molecule has 0 N–H and O–H groups in total. The predicted molar refractivity (Wildman–Crippen MR) is 70.8 cm³/mol. The average Bonchev–Trinajstić information content (AvgIpc) is 2.24. The van der Waals surface area contributed by atoms with E-state index in [0.29, 0.717) is 16.7 Å². The van der Waals surface area contributed by atoms with Crippen molar-refractivity contribution in [2.75, 3.05) is 24.7 Å². The van der Waals surface area contributed by atoms with Crippen LogP contribution < -0.4 is 0 Å². The van der Waals surface area contributed by atoms with E-state index in [9.17, 15) is 9.59 Å². The summed E-state index contributed by atoms with van der Waals surface area (Å²) in [5, 5.41) is 0. The minimum Gasteiger partial charge on any atom is -0.465 e. The van der Waals surface area contributed by atoms with Crippen molar-refractivity contribution in [3.05, 3.63) is 0 Å². The van der Waals surface area contributed by atoms with Gasteiger partial charge in [0, 0.05) is 0 Å². The zero-order valence-corrected chi connectivity index (χ0v) is 11.6. The SMILES string of the molecule is CCOC(=O)CSC(=S)SCC(=O)OCC. The lowest BCUT2D eigenvalue weighted by Crippen LogP contribution is -2.09. The number of hydrogen-bond acceptors (Lipinski definition) is 7. The van der Waals surface area contributed by atoms with Crippen LogP contribution in [0.1, 0.15) is 13.8 Å². The van der Waals surface area contributed by atoms with Gasteiger partial charge in [-0.05, 0) is 13.8 Å².